The molecule has 0 saturated carbocycles. The molecule has 9 nitrogen and oxygen atoms in total. The highest BCUT2D eigenvalue weighted by atomic mass is 16.5. The van der Waals surface area contributed by atoms with E-state index in [1.807, 2.05) is 6.07 Å². The first-order valence-electron chi connectivity index (χ1n) is 8.49. The van der Waals surface area contributed by atoms with E-state index in [1.54, 1.807) is 6.20 Å². The van der Waals surface area contributed by atoms with E-state index in [0.717, 1.165) is 36.1 Å². The number of rotatable bonds is 4. The standard InChI is InChI=1S/C17H20N8O/c18-2-1-14(20)25-16-12(8-22-25)13(17(9-19)10-21-11-17)7-15(23-16)24-3-5-26-6-4-24/h1-2,7-8,18,21H,3-6,10-11,20H2/b14-1+,18-2?. The highest BCUT2D eigenvalue weighted by molar-refractivity contribution is 5.87. The molecular formula is C17H20N8O. The SMILES string of the molecule is N#CC1(c2cc(N3CCOCC3)nc3c2cnn3/C(N)=C/C=N)CNC1. The van der Waals surface area contributed by atoms with Crippen molar-refractivity contribution in [2.24, 2.45) is 5.73 Å². The van der Waals surface area contributed by atoms with Gasteiger partial charge in [-0.2, -0.15) is 15.0 Å². The number of ether oxygens (including phenoxy) is 1. The fourth-order valence-corrected chi connectivity index (χ4v) is 3.39. The van der Waals surface area contributed by atoms with Crippen molar-refractivity contribution in [3.05, 3.63) is 23.9 Å². The Hall–Kier alpha value is -2.96. The van der Waals surface area contributed by atoms with Crippen molar-refractivity contribution in [2.45, 2.75) is 5.41 Å². The van der Waals surface area contributed by atoms with E-state index in [4.69, 9.17) is 20.9 Å². The molecule has 2 aliphatic heterocycles. The molecule has 2 aromatic heterocycles. The van der Waals surface area contributed by atoms with Gasteiger partial charge in [-0.25, -0.2) is 4.98 Å². The molecule has 0 aliphatic carbocycles. The van der Waals surface area contributed by atoms with Gasteiger partial charge in [-0.15, -0.1) is 0 Å². The van der Waals surface area contributed by atoms with E-state index in [9.17, 15) is 5.26 Å². The molecule has 4 N–H and O–H groups in total. The van der Waals surface area contributed by atoms with Crippen LogP contribution in [0.1, 0.15) is 5.56 Å². The van der Waals surface area contributed by atoms with Crippen LogP contribution in [0.5, 0.6) is 0 Å². The first-order valence-corrected chi connectivity index (χ1v) is 8.49. The predicted molar refractivity (Wildman–Crippen MR) is 98.0 cm³/mol. The maximum atomic E-state index is 9.81. The Morgan fingerprint density at radius 2 is 2.19 bits per heavy atom. The van der Waals surface area contributed by atoms with Crippen LogP contribution in [0.4, 0.5) is 5.82 Å². The quantitative estimate of drug-likeness (QED) is 0.663. The molecule has 4 heterocycles. The first-order chi connectivity index (χ1) is 12.7. The van der Waals surface area contributed by atoms with Gasteiger partial charge in [0.05, 0.1) is 25.5 Å². The Kier molecular flexibility index (Phi) is 4.06. The molecule has 0 spiro atoms. The number of nitriles is 1. The second kappa shape index (κ2) is 6.40. The predicted octanol–water partition coefficient (Wildman–Crippen LogP) is 0.0392. The molecule has 0 unspecified atom stereocenters. The maximum absolute atomic E-state index is 9.81. The summed E-state index contributed by atoms with van der Waals surface area (Å²) < 4.78 is 6.95. The molecule has 2 aliphatic rings. The summed E-state index contributed by atoms with van der Waals surface area (Å²) in [6.07, 6.45) is 4.27. The van der Waals surface area contributed by atoms with Gasteiger partial charge in [0.15, 0.2) is 5.65 Å². The second-order valence-corrected chi connectivity index (χ2v) is 6.48. The van der Waals surface area contributed by atoms with Gasteiger partial charge in [0.2, 0.25) is 0 Å². The van der Waals surface area contributed by atoms with E-state index < -0.39 is 5.41 Å². The number of anilines is 1. The van der Waals surface area contributed by atoms with Crippen LogP contribution in [0.2, 0.25) is 0 Å². The lowest BCUT2D eigenvalue weighted by atomic mass is 9.76. The Morgan fingerprint density at radius 3 is 2.81 bits per heavy atom. The molecule has 0 aromatic carbocycles. The smallest absolute Gasteiger partial charge is 0.167 e. The second-order valence-electron chi connectivity index (χ2n) is 6.48. The van der Waals surface area contributed by atoms with Gasteiger partial charge >= 0.3 is 0 Å². The molecule has 26 heavy (non-hydrogen) atoms. The van der Waals surface area contributed by atoms with Crippen LogP contribution in [0.3, 0.4) is 0 Å². The topological polar surface area (TPSA) is 129 Å². The fraction of sp³-hybridized carbons (Fsp3) is 0.412. The normalized spacial score (nSPS) is 19.8. The summed E-state index contributed by atoms with van der Waals surface area (Å²) in [6.45, 7) is 3.99. The summed E-state index contributed by atoms with van der Waals surface area (Å²) in [5.41, 5.74) is 6.97. The van der Waals surface area contributed by atoms with Gasteiger partial charge in [0, 0.05) is 37.8 Å². The van der Waals surface area contributed by atoms with Crippen LogP contribution in [0.25, 0.3) is 16.9 Å². The van der Waals surface area contributed by atoms with Crippen molar-refractivity contribution in [3.63, 3.8) is 0 Å². The van der Waals surface area contributed by atoms with E-state index in [1.165, 1.54) is 10.8 Å². The highest BCUT2D eigenvalue weighted by Gasteiger charge is 2.41. The molecule has 4 rings (SSSR count). The highest BCUT2D eigenvalue weighted by Crippen LogP contribution is 2.35. The number of morpholine rings is 1. The summed E-state index contributed by atoms with van der Waals surface area (Å²) in [5, 5.41) is 25.4. The third-order valence-corrected chi connectivity index (χ3v) is 4.94. The van der Waals surface area contributed by atoms with Crippen molar-refractivity contribution < 1.29 is 4.74 Å². The molecule has 0 radical (unpaired) electrons. The van der Waals surface area contributed by atoms with Crippen molar-refractivity contribution in [1.29, 1.82) is 10.7 Å². The van der Waals surface area contributed by atoms with Gasteiger partial charge in [-0.3, -0.25) is 0 Å². The van der Waals surface area contributed by atoms with Crippen LogP contribution < -0.4 is 16.0 Å². The molecule has 0 amide bonds. The molecule has 2 saturated heterocycles. The van der Waals surface area contributed by atoms with Crippen molar-refractivity contribution in [3.8, 4) is 6.07 Å². The molecule has 134 valence electrons. The maximum Gasteiger partial charge on any atom is 0.167 e. The third-order valence-electron chi connectivity index (χ3n) is 4.94. The molecule has 0 atom stereocenters. The van der Waals surface area contributed by atoms with Crippen molar-refractivity contribution >= 4 is 28.9 Å². The molecular weight excluding hydrogens is 332 g/mol. The van der Waals surface area contributed by atoms with E-state index in [-0.39, 0.29) is 0 Å². The van der Waals surface area contributed by atoms with Gasteiger partial charge in [-0.05, 0) is 17.7 Å². The average molecular weight is 352 g/mol. The van der Waals surface area contributed by atoms with Gasteiger partial charge in [-0.1, -0.05) is 0 Å². The molecule has 0 bridgehead atoms. The minimum atomic E-state index is -0.587. The fourth-order valence-electron chi connectivity index (χ4n) is 3.39. The minimum Gasteiger partial charge on any atom is -0.384 e. The lowest BCUT2D eigenvalue weighted by Crippen LogP contribution is -2.56. The lowest BCUT2D eigenvalue weighted by molar-refractivity contribution is 0.122. The van der Waals surface area contributed by atoms with Crippen LogP contribution in [-0.4, -0.2) is 60.4 Å². The zero-order valence-electron chi connectivity index (χ0n) is 14.3. The number of nitrogens with one attached hydrogen (secondary N) is 2. The number of nitrogens with two attached hydrogens (primary N) is 1. The Bertz CT molecular complexity index is 915. The summed E-state index contributed by atoms with van der Waals surface area (Å²) in [5.74, 6) is 1.10. The van der Waals surface area contributed by atoms with Gasteiger partial charge in [0.25, 0.3) is 0 Å². The van der Waals surface area contributed by atoms with Crippen LogP contribution >= 0.6 is 0 Å². The Balaban J connectivity index is 1.92. The van der Waals surface area contributed by atoms with Crippen molar-refractivity contribution in [1.82, 2.24) is 20.1 Å². The molecule has 2 aromatic rings. The number of aromatic nitrogens is 3. The number of hydrogen-bond acceptors (Lipinski definition) is 8. The van der Waals surface area contributed by atoms with Crippen LogP contribution in [0, 0.1) is 16.7 Å². The first kappa shape index (κ1) is 16.5. The zero-order valence-corrected chi connectivity index (χ0v) is 14.3. The minimum absolute atomic E-state index is 0.310. The number of allylic oxidation sites excluding steroid dienone is 1. The van der Waals surface area contributed by atoms with Crippen molar-refractivity contribution in [2.75, 3.05) is 44.3 Å². The van der Waals surface area contributed by atoms with E-state index >= 15 is 0 Å². The van der Waals surface area contributed by atoms with Gasteiger partial charge < -0.3 is 26.1 Å². The largest absolute Gasteiger partial charge is 0.384 e. The number of fused-ring (bicyclic) bond motifs is 1. The lowest BCUT2D eigenvalue weighted by Gasteiger charge is -2.38. The number of nitrogens with zero attached hydrogens (tertiary/aromatic N) is 5. The summed E-state index contributed by atoms with van der Waals surface area (Å²) in [4.78, 5) is 6.92. The summed E-state index contributed by atoms with van der Waals surface area (Å²) in [6, 6.07) is 4.46. The molecule has 9 heteroatoms. The van der Waals surface area contributed by atoms with Crippen LogP contribution in [0.15, 0.2) is 18.3 Å². The number of pyridine rings is 1. The number of hydrogen-bond donors (Lipinski definition) is 3. The van der Waals surface area contributed by atoms with Gasteiger partial charge in [0.1, 0.15) is 17.1 Å². The zero-order chi connectivity index (χ0) is 18.1. The Labute approximate surface area is 150 Å². The average Bonchev–Trinajstić information content (AvgIpc) is 3.06. The van der Waals surface area contributed by atoms with Crippen LogP contribution in [-0.2, 0) is 10.2 Å². The Morgan fingerprint density at radius 1 is 1.42 bits per heavy atom. The van der Waals surface area contributed by atoms with E-state index in [0.29, 0.717) is 37.8 Å². The summed E-state index contributed by atoms with van der Waals surface area (Å²) in [7, 11) is 0. The van der Waals surface area contributed by atoms with E-state index in [2.05, 4.69) is 21.4 Å². The summed E-state index contributed by atoms with van der Waals surface area (Å²) >= 11 is 0. The monoisotopic (exact) mass is 352 g/mol. The third kappa shape index (κ3) is 2.51. The molecule has 2 fully saturated rings.